The van der Waals surface area contributed by atoms with Crippen molar-refractivity contribution in [2.45, 2.75) is 39.2 Å². The molecule has 0 spiro atoms. The van der Waals surface area contributed by atoms with E-state index >= 15 is 0 Å². The summed E-state index contributed by atoms with van der Waals surface area (Å²) in [6.07, 6.45) is 8.29. The molecule has 1 aliphatic carbocycles. The molecule has 2 nitrogen and oxygen atoms in total. The summed E-state index contributed by atoms with van der Waals surface area (Å²) >= 11 is 0. The van der Waals surface area contributed by atoms with Gasteiger partial charge in [-0.1, -0.05) is 6.42 Å². The first-order chi connectivity index (χ1) is 7.25. The van der Waals surface area contributed by atoms with Crippen LogP contribution in [-0.4, -0.2) is 5.78 Å². The fraction of sp³-hybridized carbons (Fsp3) is 0.538. The molecule has 1 unspecified atom stereocenters. The van der Waals surface area contributed by atoms with E-state index in [1.54, 1.807) is 0 Å². The minimum absolute atomic E-state index is 0.256. The van der Waals surface area contributed by atoms with Crippen molar-refractivity contribution in [3.8, 4) is 0 Å². The van der Waals surface area contributed by atoms with E-state index in [2.05, 4.69) is 36.0 Å². The Morgan fingerprint density at radius 3 is 2.73 bits per heavy atom. The normalized spacial score (nSPS) is 21.7. The Hall–Kier alpha value is -1.18. The summed E-state index contributed by atoms with van der Waals surface area (Å²) in [5.41, 5.74) is 1.27. The summed E-state index contributed by atoms with van der Waals surface area (Å²) in [5, 5.41) is 0. The molecule has 2 rings (SSSR count). The minimum Gasteiger partial charge on any atom is -0.299 e. The van der Waals surface area contributed by atoms with Crippen LogP contribution in [0, 0.1) is 12.8 Å². The van der Waals surface area contributed by atoms with Gasteiger partial charge in [-0.3, -0.25) is 4.79 Å². The number of ketones is 1. The van der Waals surface area contributed by atoms with Crippen molar-refractivity contribution >= 4 is 5.78 Å². The highest BCUT2D eigenvalue weighted by Crippen LogP contribution is 2.20. The number of hydrogen-bond donors (Lipinski definition) is 0. The molecule has 15 heavy (non-hydrogen) atoms. The highest BCUT2D eigenvalue weighted by atomic mass is 16.1. The van der Waals surface area contributed by atoms with Crippen LogP contribution in [0.3, 0.4) is 0 Å². The van der Waals surface area contributed by atoms with Crippen LogP contribution in [0.15, 0.2) is 24.5 Å². The average Bonchev–Trinajstić information content (AvgIpc) is 2.25. The molecule has 1 aliphatic rings. The predicted molar refractivity (Wildman–Crippen MR) is 58.3 cm³/mol. The van der Waals surface area contributed by atoms with Gasteiger partial charge in [0.2, 0.25) is 0 Å². The molecule has 0 amide bonds. The number of rotatable bonds is 2. The first kappa shape index (κ1) is 10.3. The van der Waals surface area contributed by atoms with E-state index < -0.39 is 0 Å². The van der Waals surface area contributed by atoms with E-state index in [1.165, 1.54) is 12.0 Å². The van der Waals surface area contributed by atoms with Gasteiger partial charge in [0.15, 0.2) is 18.9 Å². The highest BCUT2D eigenvalue weighted by Gasteiger charge is 2.25. The van der Waals surface area contributed by atoms with E-state index in [1.807, 2.05) is 0 Å². The molecule has 1 heterocycles. The fourth-order valence-corrected chi connectivity index (χ4v) is 2.16. The molecule has 0 aromatic carbocycles. The molecule has 1 saturated carbocycles. The van der Waals surface area contributed by atoms with E-state index in [0.29, 0.717) is 5.78 Å². The van der Waals surface area contributed by atoms with Gasteiger partial charge in [-0.05, 0) is 25.3 Å². The smallest absolute Gasteiger partial charge is 0.169 e. The lowest BCUT2D eigenvalue weighted by Crippen LogP contribution is -2.40. The number of aryl methyl sites for hydroxylation is 1. The summed E-state index contributed by atoms with van der Waals surface area (Å²) in [4.78, 5) is 11.7. The second-order valence-electron chi connectivity index (χ2n) is 4.48. The van der Waals surface area contributed by atoms with Crippen molar-refractivity contribution in [3.63, 3.8) is 0 Å². The maximum Gasteiger partial charge on any atom is 0.169 e. The van der Waals surface area contributed by atoms with Gasteiger partial charge >= 0.3 is 0 Å². The van der Waals surface area contributed by atoms with Crippen molar-refractivity contribution in [2.75, 3.05) is 0 Å². The molecule has 0 saturated heterocycles. The van der Waals surface area contributed by atoms with Gasteiger partial charge in [-0.15, -0.1) is 0 Å². The van der Waals surface area contributed by atoms with Crippen LogP contribution in [0.2, 0.25) is 0 Å². The zero-order valence-electron chi connectivity index (χ0n) is 9.28. The summed E-state index contributed by atoms with van der Waals surface area (Å²) in [5.74, 6) is 0.709. The van der Waals surface area contributed by atoms with Crippen LogP contribution in [-0.2, 0) is 11.3 Å². The van der Waals surface area contributed by atoms with Gasteiger partial charge in [0.25, 0.3) is 0 Å². The highest BCUT2D eigenvalue weighted by molar-refractivity contribution is 5.81. The lowest BCUT2D eigenvalue weighted by Gasteiger charge is -2.17. The lowest BCUT2D eigenvalue weighted by atomic mass is 9.88. The molecule has 80 valence electrons. The maximum absolute atomic E-state index is 11.7. The molecule has 0 radical (unpaired) electrons. The number of carbonyl (C=O) groups is 1. The Balaban J connectivity index is 2.01. The van der Waals surface area contributed by atoms with E-state index in [4.69, 9.17) is 0 Å². The SMILES string of the molecule is Cc1cc[n+](CC2CCCCC2=O)cc1. The van der Waals surface area contributed by atoms with Gasteiger partial charge in [-0.25, -0.2) is 4.57 Å². The topological polar surface area (TPSA) is 20.9 Å². The van der Waals surface area contributed by atoms with Crippen molar-refractivity contribution in [1.29, 1.82) is 0 Å². The summed E-state index contributed by atoms with van der Waals surface area (Å²) in [6, 6.07) is 4.18. The predicted octanol–water partition coefficient (Wildman–Crippen LogP) is 2.04. The zero-order valence-corrected chi connectivity index (χ0v) is 9.28. The Kier molecular flexibility index (Phi) is 3.14. The van der Waals surface area contributed by atoms with Crippen molar-refractivity contribution in [1.82, 2.24) is 0 Å². The van der Waals surface area contributed by atoms with Crippen LogP contribution in [0.25, 0.3) is 0 Å². The van der Waals surface area contributed by atoms with Gasteiger partial charge in [-0.2, -0.15) is 0 Å². The third-order valence-electron chi connectivity index (χ3n) is 3.17. The largest absolute Gasteiger partial charge is 0.299 e. The van der Waals surface area contributed by atoms with Crippen LogP contribution in [0.4, 0.5) is 0 Å². The number of hydrogen-bond acceptors (Lipinski definition) is 1. The number of aromatic nitrogens is 1. The molecular weight excluding hydrogens is 186 g/mol. The Bertz CT molecular complexity index is 342. The monoisotopic (exact) mass is 204 g/mol. The molecule has 0 bridgehead atoms. The van der Waals surface area contributed by atoms with E-state index in [9.17, 15) is 4.79 Å². The lowest BCUT2D eigenvalue weighted by molar-refractivity contribution is -0.701. The molecule has 1 aromatic rings. The third kappa shape index (κ3) is 2.65. The van der Waals surface area contributed by atoms with Crippen LogP contribution in [0.5, 0.6) is 0 Å². The summed E-state index contributed by atoms with van der Waals surface area (Å²) < 4.78 is 2.13. The van der Waals surface area contributed by atoms with Crippen molar-refractivity contribution in [3.05, 3.63) is 30.1 Å². The van der Waals surface area contributed by atoms with Crippen LogP contribution >= 0.6 is 0 Å². The number of pyridine rings is 1. The molecule has 1 fully saturated rings. The second-order valence-corrected chi connectivity index (χ2v) is 4.48. The molecule has 0 N–H and O–H groups in total. The molecular formula is C13H18NO+. The standard InChI is InChI=1S/C13H18NO/c1-11-6-8-14(9-7-11)10-12-4-2-3-5-13(12)15/h6-9,12H,2-5,10H2,1H3/q+1. The zero-order chi connectivity index (χ0) is 10.7. The fourth-order valence-electron chi connectivity index (χ4n) is 2.16. The van der Waals surface area contributed by atoms with Crippen LogP contribution < -0.4 is 4.57 Å². The van der Waals surface area contributed by atoms with Gasteiger partial charge in [0.1, 0.15) is 5.78 Å². The molecule has 1 atom stereocenters. The van der Waals surface area contributed by atoms with Gasteiger partial charge < -0.3 is 0 Å². The van der Waals surface area contributed by atoms with Gasteiger partial charge in [0, 0.05) is 18.6 Å². The Morgan fingerprint density at radius 1 is 1.33 bits per heavy atom. The van der Waals surface area contributed by atoms with Crippen molar-refractivity contribution in [2.24, 2.45) is 5.92 Å². The first-order valence-corrected chi connectivity index (χ1v) is 5.74. The summed E-state index contributed by atoms with van der Waals surface area (Å²) in [6.45, 7) is 2.94. The van der Waals surface area contributed by atoms with E-state index in [-0.39, 0.29) is 5.92 Å². The minimum atomic E-state index is 0.256. The van der Waals surface area contributed by atoms with Crippen LogP contribution in [0.1, 0.15) is 31.2 Å². The average molecular weight is 204 g/mol. The number of nitrogens with zero attached hydrogens (tertiary/aromatic N) is 1. The molecule has 2 heteroatoms. The molecule has 0 aliphatic heterocycles. The first-order valence-electron chi connectivity index (χ1n) is 5.74. The number of Topliss-reactive ketones (excluding diaryl/α,β-unsaturated/α-hetero) is 1. The molecule has 1 aromatic heterocycles. The van der Waals surface area contributed by atoms with Crippen molar-refractivity contribution < 1.29 is 9.36 Å². The van der Waals surface area contributed by atoms with E-state index in [0.717, 1.165) is 25.8 Å². The Morgan fingerprint density at radius 2 is 2.07 bits per heavy atom. The number of carbonyl (C=O) groups excluding carboxylic acids is 1. The maximum atomic E-state index is 11.7. The Labute approximate surface area is 90.9 Å². The quantitative estimate of drug-likeness (QED) is 0.675. The second kappa shape index (κ2) is 4.56. The third-order valence-corrected chi connectivity index (χ3v) is 3.17. The van der Waals surface area contributed by atoms with Gasteiger partial charge in [0.05, 0.1) is 5.92 Å². The summed E-state index contributed by atoms with van der Waals surface area (Å²) in [7, 11) is 0.